The molecule has 4 fully saturated rings. The van der Waals surface area contributed by atoms with Gasteiger partial charge in [-0.3, -0.25) is 24.5 Å². The molecule has 3 aromatic rings. The third-order valence-corrected chi connectivity index (χ3v) is 12.7. The lowest BCUT2D eigenvalue weighted by Crippen LogP contribution is -2.55. The summed E-state index contributed by atoms with van der Waals surface area (Å²) in [7, 11) is 1.34. The summed E-state index contributed by atoms with van der Waals surface area (Å²) < 4.78 is 64.4. The number of imide groups is 1. The molecular formula is C40H53BF3N5O5. The van der Waals surface area contributed by atoms with E-state index in [0.717, 1.165) is 59.0 Å². The van der Waals surface area contributed by atoms with Crippen LogP contribution in [0.3, 0.4) is 0 Å². The zero-order chi connectivity index (χ0) is 38.6. The normalized spacial score (nSPS) is 25.6. The number of carbonyl (C=O) groups is 2. The molecule has 1 unspecified atom stereocenters. The van der Waals surface area contributed by atoms with Crippen LogP contribution < -0.4 is 20.4 Å². The second-order valence-electron chi connectivity index (χ2n) is 16.7. The summed E-state index contributed by atoms with van der Waals surface area (Å²) in [6, 6.07) is 10.4. The molecule has 0 radical (unpaired) electrons. The van der Waals surface area contributed by atoms with Crippen LogP contribution in [0, 0.1) is 12.8 Å². The number of piperidine rings is 1. The van der Waals surface area contributed by atoms with Gasteiger partial charge in [0.05, 0.1) is 34.4 Å². The summed E-state index contributed by atoms with van der Waals surface area (Å²) in [5.74, 6) is -0.0562. The number of aryl methyl sites for hydroxylation is 1. The molecule has 1 saturated carbocycles. The van der Waals surface area contributed by atoms with Gasteiger partial charge in [0.2, 0.25) is 11.8 Å². The Morgan fingerprint density at radius 2 is 1.67 bits per heavy atom. The Morgan fingerprint density at radius 3 is 2.31 bits per heavy atom. The molecule has 4 heterocycles. The number of aromatic nitrogens is 2. The molecule has 292 valence electrons. The number of rotatable bonds is 9. The van der Waals surface area contributed by atoms with Crippen molar-refractivity contribution < 1.29 is 36.8 Å². The molecule has 3 aliphatic heterocycles. The molecule has 1 aliphatic carbocycles. The lowest BCUT2D eigenvalue weighted by atomic mass is 9.76. The molecule has 3 saturated heterocycles. The Bertz CT molecular complexity index is 1850. The smallest absolute Gasteiger partial charge is 0.490 e. The Morgan fingerprint density at radius 1 is 0.981 bits per heavy atom. The third kappa shape index (κ3) is 7.75. The summed E-state index contributed by atoms with van der Waals surface area (Å²) in [5.41, 5.74) is 3.45. The van der Waals surface area contributed by atoms with Crippen molar-refractivity contribution in [2.45, 2.75) is 121 Å². The maximum atomic E-state index is 14.5. The fraction of sp³-hybridized carbons (Fsp3) is 0.625. The highest BCUT2D eigenvalue weighted by molar-refractivity contribution is 6.62. The number of anilines is 1. The molecule has 2 aromatic carbocycles. The largest absolute Gasteiger partial charge is 0.495 e. The van der Waals surface area contributed by atoms with E-state index in [1.165, 1.54) is 0 Å². The van der Waals surface area contributed by atoms with Gasteiger partial charge in [0, 0.05) is 50.7 Å². The Labute approximate surface area is 316 Å². The van der Waals surface area contributed by atoms with Gasteiger partial charge in [-0.05, 0) is 121 Å². The summed E-state index contributed by atoms with van der Waals surface area (Å²) >= 11 is 0. The quantitative estimate of drug-likeness (QED) is 0.205. The molecule has 54 heavy (non-hydrogen) atoms. The van der Waals surface area contributed by atoms with E-state index in [1.807, 2.05) is 78.1 Å². The second kappa shape index (κ2) is 14.8. The maximum Gasteiger partial charge on any atom is 0.495 e. The van der Waals surface area contributed by atoms with Gasteiger partial charge in [0.15, 0.2) is 0 Å². The number of alkyl halides is 3. The Balaban J connectivity index is 0.912. The highest BCUT2D eigenvalue weighted by atomic mass is 19.4. The van der Waals surface area contributed by atoms with E-state index in [2.05, 4.69) is 15.3 Å². The molecule has 2 atom stereocenters. The van der Waals surface area contributed by atoms with Crippen molar-refractivity contribution in [3.8, 4) is 5.75 Å². The number of hydrogen-bond acceptors (Lipinski definition) is 8. The molecule has 7 rings (SSSR count). The summed E-state index contributed by atoms with van der Waals surface area (Å²) in [6.07, 6.45) is 0.369. The standard InChI is InChI=1S/C40H53BF3N5O5/c1-25-31(41-53-38(2,3)39(4,5)54-41)8-7-9-33(25)52-28-14-10-26(11-15-28)12-18-34(40(42,43)44)49-22-20-48(21-23-49)27-13-16-29-32(24-27)47(6)46-36(29)30-17-19-35(50)45-37(30)51/h7-9,13,16,24,26,28,30,34H,10-12,14-15,17-23H2,1-6H3,(H,45,50,51)/t26?,28?,30?,34-/m1/s1. The first kappa shape index (κ1) is 38.7. The van der Waals surface area contributed by atoms with Crippen molar-refractivity contribution in [1.29, 1.82) is 0 Å². The van der Waals surface area contributed by atoms with Crippen LogP contribution in [0.15, 0.2) is 36.4 Å². The lowest BCUT2D eigenvalue weighted by molar-refractivity contribution is -0.187. The van der Waals surface area contributed by atoms with Gasteiger partial charge >= 0.3 is 13.3 Å². The maximum absolute atomic E-state index is 14.5. The first-order chi connectivity index (χ1) is 25.5. The van der Waals surface area contributed by atoms with Gasteiger partial charge in [0.1, 0.15) is 11.8 Å². The SMILES string of the molecule is Cc1c(OC2CCC(CC[C@@H](N3CCN(c4ccc5c(C6CCC(=O)NC6=O)nn(C)c5c4)CC3)C(F)(F)F)CC2)cccc1B1OC(C)(C)C(C)(C)O1. The topological polar surface area (TPSA) is 98.2 Å². The van der Waals surface area contributed by atoms with Crippen molar-refractivity contribution >= 4 is 41.0 Å². The van der Waals surface area contributed by atoms with E-state index in [1.54, 1.807) is 9.58 Å². The van der Waals surface area contributed by atoms with Gasteiger partial charge < -0.3 is 18.9 Å². The van der Waals surface area contributed by atoms with E-state index in [-0.39, 0.29) is 36.7 Å². The van der Waals surface area contributed by atoms with Gasteiger partial charge in [0.25, 0.3) is 0 Å². The second-order valence-corrected chi connectivity index (χ2v) is 16.7. The first-order valence-corrected chi connectivity index (χ1v) is 19.5. The van der Waals surface area contributed by atoms with Crippen molar-refractivity contribution in [1.82, 2.24) is 20.0 Å². The number of amides is 2. The van der Waals surface area contributed by atoms with E-state index in [0.29, 0.717) is 44.7 Å². The van der Waals surface area contributed by atoms with Crippen molar-refractivity contribution in [2.75, 3.05) is 31.1 Å². The molecule has 0 spiro atoms. The zero-order valence-corrected chi connectivity index (χ0v) is 32.3. The van der Waals surface area contributed by atoms with E-state index in [9.17, 15) is 22.8 Å². The highest BCUT2D eigenvalue weighted by Gasteiger charge is 2.52. The van der Waals surface area contributed by atoms with Crippen molar-refractivity contribution in [3.63, 3.8) is 0 Å². The van der Waals surface area contributed by atoms with E-state index < -0.39 is 36.5 Å². The van der Waals surface area contributed by atoms with Gasteiger partial charge in [-0.25, -0.2) is 0 Å². The Hall–Kier alpha value is -3.62. The monoisotopic (exact) mass is 751 g/mol. The van der Waals surface area contributed by atoms with Gasteiger partial charge in [-0.15, -0.1) is 0 Å². The van der Waals surface area contributed by atoms with Crippen LogP contribution in [-0.4, -0.2) is 89.3 Å². The van der Waals surface area contributed by atoms with Crippen LogP contribution in [0.2, 0.25) is 0 Å². The molecule has 0 bridgehead atoms. The van der Waals surface area contributed by atoms with Gasteiger partial charge in [-0.1, -0.05) is 12.1 Å². The zero-order valence-electron chi connectivity index (χ0n) is 32.3. The number of ether oxygens (including phenoxy) is 1. The number of carbonyl (C=O) groups excluding carboxylic acids is 2. The average molecular weight is 752 g/mol. The molecule has 1 N–H and O–H groups in total. The molecular weight excluding hydrogens is 698 g/mol. The van der Waals surface area contributed by atoms with Crippen LogP contribution in [0.4, 0.5) is 18.9 Å². The number of nitrogens with zero attached hydrogens (tertiary/aromatic N) is 4. The Kier molecular flexibility index (Phi) is 10.6. The van der Waals surface area contributed by atoms with Crippen LogP contribution in [0.25, 0.3) is 10.9 Å². The van der Waals surface area contributed by atoms with Gasteiger partial charge in [-0.2, -0.15) is 18.3 Å². The van der Waals surface area contributed by atoms with Crippen LogP contribution in [-0.2, 0) is 25.9 Å². The predicted octanol–water partition coefficient (Wildman–Crippen LogP) is 6.17. The highest BCUT2D eigenvalue weighted by Crippen LogP contribution is 2.39. The van der Waals surface area contributed by atoms with Crippen LogP contribution >= 0.6 is 0 Å². The minimum atomic E-state index is -4.30. The van der Waals surface area contributed by atoms with Crippen LogP contribution in [0.5, 0.6) is 5.75 Å². The predicted molar refractivity (Wildman–Crippen MR) is 202 cm³/mol. The number of fused-ring (bicyclic) bond motifs is 1. The van der Waals surface area contributed by atoms with Crippen molar-refractivity contribution in [2.24, 2.45) is 13.0 Å². The number of nitrogens with one attached hydrogen (secondary N) is 1. The summed E-state index contributed by atoms with van der Waals surface area (Å²) in [6.45, 7) is 11.8. The number of hydrogen-bond donors (Lipinski definition) is 1. The molecule has 14 heteroatoms. The molecule has 10 nitrogen and oxygen atoms in total. The van der Waals surface area contributed by atoms with Crippen LogP contribution in [0.1, 0.15) is 96.2 Å². The number of benzene rings is 2. The lowest BCUT2D eigenvalue weighted by Gasteiger charge is -2.41. The fourth-order valence-corrected chi connectivity index (χ4v) is 8.62. The average Bonchev–Trinajstić information content (AvgIpc) is 3.55. The molecule has 1 aromatic heterocycles. The summed E-state index contributed by atoms with van der Waals surface area (Å²) in [4.78, 5) is 27.9. The number of piperazine rings is 1. The number of halogens is 3. The minimum absolute atomic E-state index is 0.0228. The minimum Gasteiger partial charge on any atom is -0.490 e. The molecule has 4 aliphatic rings. The summed E-state index contributed by atoms with van der Waals surface area (Å²) in [5, 5.41) is 7.87. The van der Waals surface area contributed by atoms with E-state index >= 15 is 0 Å². The van der Waals surface area contributed by atoms with Crippen molar-refractivity contribution in [3.05, 3.63) is 47.7 Å². The van der Waals surface area contributed by atoms with E-state index in [4.69, 9.17) is 14.0 Å². The molecule has 2 amide bonds. The fourth-order valence-electron chi connectivity index (χ4n) is 8.62. The third-order valence-electron chi connectivity index (χ3n) is 12.7. The first-order valence-electron chi connectivity index (χ1n) is 19.5.